The van der Waals surface area contributed by atoms with E-state index in [1.165, 1.54) is 11.8 Å². The van der Waals surface area contributed by atoms with E-state index >= 15 is 0 Å². The molecule has 0 N–H and O–H groups in total. The Balaban J connectivity index is 3.04. The molecule has 0 aliphatic heterocycles. The van der Waals surface area contributed by atoms with Gasteiger partial charge in [-0.15, -0.1) is 0 Å². The highest BCUT2D eigenvalue weighted by Crippen LogP contribution is 2.28. The molecule has 0 saturated carbocycles. The van der Waals surface area contributed by atoms with E-state index in [2.05, 4.69) is 0 Å². The van der Waals surface area contributed by atoms with Crippen molar-refractivity contribution in [3.63, 3.8) is 0 Å². The third kappa shape index (κ3) is 3.09. The Kier molecular flexibility index (Phi) is 4.48. The van der Waals surface area contributed by atoms with E-state index in [-0.39, 0.29) is 18.1 Å². The highest BCUT2D eigenvalue weighted by molar-refractivity contribution is 6.04. The minimum atomic E-state index is -0.202. The fourth-order valence-corrected chi connectivity index (χ4v) is 1.92. The number of rotatable bonds is 4. The molecule has 1 amide bonds. The molecule has 1 aromatic rings. The molecule has 0 aliphatic rings. The Labute approximate surface area is 108 Å². The van der Waals surface area contributed by atoms with E-state index in [0.717, 1.165) is 22.6 Å². The number of amides is 1. The molecule has 98 valence electrons. The van der Waals surface area contributed by atoms with Gasteiger partial charge < -0.3 is 9.64 Å². The first kappa shape index (κ1) is 14.2. The zero-order chi connectivity index (χ0) is 13.9. The maximum Gasteiger partial charge on any atom is 0.234 e. The summed E-state index contributed by atoms with van der Waals surface area (Å²) < 4.78 is 5.28. The normalized spacial score (nSPS) is 10.1. The summed E-state index contributed by atoms with van der Waals surface area (Å²) in [5.74, 6) is 0.492. The second-order valence-electron chi connectivity index (χ2n) is 4.44. The van der Waals surface area contributed by atoms with Crippen molar-refractivity contribution in [1.29, 1.82) is 0 Å². The van der Waals surface area contributed by atoms with Crippen LogP contribution >= 0.6 is 0 Å². The van der Waals surface area contributed by atoms with Crippen molar-refractivity contribution >= 4 is 17.4 Å². The maximum absolute atomic E-state index is 11.8. The summed E-state index contributed by atoms with van der Waals surface area (Å²) in [7, 11) is 3.30. The van der Waals surface area contributed by atoms with Gasteiger partial charge in [0.2, 0.25) is 5.91 Å². The molecule has 4 nitrogen and oxygen atoms in total. The van der Waals surface area contributed by atoms with Gasteiger partial charge in [-0.3, -0.25) is 9.59 Å². The summed E-state index contributed by atoms with van der Waals surface area (Å²) in [6, 6.07) is 3.76. The fraction of sp³-hybridized carbons (Fsp3) is 0.429. The van der Waals surface area contributed by atoms with Crippen molar-refractivity contribution in [2.75, 3.05) is 19.1 Å². The van der Waals surface area contributed by atoms with Gasteiger partial charge in [0.25, 0.3) is 0 Å². The molecule has 0 saturated heterocycles. The number of carbonyl (C=O) groups excluding carboxylic acids is 2. The summed E-state index contributed by atoms with van der Waals surface area (Å²) >= 11 is 0. The van der Waals surface area contributed by atoms with Crippen LogP contribution in [0.2, 0.25) is 0 Å². The lowest BCUT2D eigenvalue weighted by Crippen LogP contribution is -2.27. The van der Waals surface area contributed by atoms with Crippen LogP contribution in [0.1, 0.15) is 24.5 Å². The molecule has 1 rings (SSSR count). The average molecular weight is 249 g/mol. The van der Waals surface area contributed by atoms with Gasteiger partial charge in [-0.2, -0.15) is 0 Å². The maximum atomic E-state index is 11.8. The number of benzene rings is 1. The summed E-state index contributed by atoms with van der Waals surface area (Å²) in [4.78, 5) is 24.3. The van der Waals surface area contributed by atoms with E-state index in [4.69, 9.17) is 4.74 Å². The van der Waals surface area contributed by atoms with Crippen LogP contribution in [-0.4, -0.2) is 25.8 Å². The first-order valence-electron chi connectivity index (χ1n) is 5.78. The fourth-order valence-electron chi connectivity index (χ4n) is 1.92. The molecule has 1 aromatic carbocycles. The first-order valence-corrected chi connectivity index (χ1v) is 5.78. The molecule has 0 bridgehead atoms. The molecule has 0 fully saturated rings. The van der Waals surface area contributed by atoms with E-state index < -0.39 is 0 Å². The predicted molar refractivity (Wildman–Crippen MR) is 71.2 cm³/mol. The van der Waals surface area contributed by atoms with Gasteiger partial charge in [-0.05, 0) is 44.0 Å². The Hall–Kier alpha value is -1.84. The van der Waals surface area contributed by atoms with Crippen LogP contribution in [0.3, 0.4) is 0 Å². The van der Waals surface area contributed by atoms with Gasteiger partial charge in [0.05, 0.1) is 13.5 Å². The topological polar surface area (TPSA) is 46.6 Å². The van der Waals surface area contributed by atoms with Crippen LogP contribution in [0, 0.1) is 13.8 Å². The Morgan fingerprint density at radius 3 is 2.11 bits per heavy atom. The number of nitrogens with zero attached hydrogens (tertiary/aromatic N) is 1. The number of aryl methyl sites for hydroxylation is 2. The van der Waals surface area contributed by atoms with Crippen molar-refractivity contribution in [3.05, 3.63) is 23.3 Å². The number of ether oxygens (including phenoxy) is 1. The standard InChI is InChI=1S/C14H19NO3/c1-9-6-12(7-10(2)14(9)18-5)15(4)13(17)8-11(3)16/h6-7H,8H2,1-5H3. The molecule has 0 atom stereocenters. The lowest BCUT2D eigenvalue weighted by Gasteiger charge is -2.19. The van der Waals surface area contributed by atoms with Gasteiger partial charge in [-0.1, -0.05) is 0 Å². The van der Waals surface area contributed by atoms with Gasteiger partial charge in [0.1, 0.15) is 11.5 Å². The molecule has 0 aromatic heterocycles. The third-order valence-electron chi connectivity index (χ3n) is 2.81. The predicted octanol–water partition coefficient (Wildman–Crippen LogP) is 2.25. The van der Waals surface area contributed by atoms with Crippen LogP contribution in [0.5, 0.6) is 5.75 Å². The second kappa shape index (κ2) is 5.67. The van der Waals surface area contributed by atoms with Crippen molar-refractivity contribution in [2.24, 2.45) is 0 Å². The quantitative estimate of drug-likeness (QED) is 0.769. The molecule has 4 heteroatoms. The Morgan fingerprint density at radius 2 is 1.72 bits per heavy atom. The number of methoxy groups -OCH3 is 1. The first-order chi connectivity index (χ1) is 8.36. The van der Waals surface area contributed by atoms with E-state index in [9.17, 15) is 9.59 Å². The van der Waals surface area contributed by atoms with Crippen molar-refractivity contribution < 1.29 is 14.3 Å². The number of hydrogen-bond donors (Lipinski definition) is 0. The number of anilines is 1. The van der Waals surface area contributed by atoms with Crippen molar-refractivity contribution in [3.8, 4) is 5.75 Å². The van der Waals surface area contributed by atoms with Crippen LogP contribution < -0.4 is 9.64 Å². The zero-order valence-corrected chi connectivity index (χ0v) is 11.5. The van der Waals surface area contributed by atoms with Crippen LogP contribution in [0.4, 0.5) is 5.69 Å². The molecule has 0 spiro atoms. The molecular weight excluding hydrogens is 230 g/mol. The number of ketones is 1. The second-order valence-corrected chi connectivity index (χ2v) is 4.44. The van der Waals surface area contributed by atoms with Crippen molar-refractivity contribution in [1.82, 2.24) is 0 Å². The van der Waals surface area contributed by atoms with Gasteiger partial charge in [0, 0.05) is 12.7 Å². The number of Topliss-reactive ketones (excluding diaryl/α,β-unsaturated/α-hetero) is 1. The smallest absolute Gasteiger partial charge is 0.234 e. The molecule has 0 aliphatic carbocycles. The molecule has 0 radical (unpaired) electrons. The monoisotopic (exact) mass is 249 g/mol. The van der Waals surface area contributed by atoms with E-state index in [1.807, 2.05) is 26.0 Å². The minimum absolute atomic E-state index is 0.0688. The summed E-state index contributed by atoms with van der Waals surface area (Å²) in [6.45, 7) is 5.27. The lowest BCUT2D eigenvalue weighted by molar-refractivity contribution is -0.125. The van der Waals surface area contributed by atoms with Crippen molar-refractivity contribution in [2.45, 2.75) is 27.2 Å². The Morgan fingerprint density at radius 1 is 1.22 bits per heavy atom. The zero-order valence-electron chi connectivity index (χ0n) is 11.5. The summed E-state index contributed by atoms with van der Waals surface area (Å²) in [6.07, 6.45) is -0.0688. The molecule has 18 heavy (non-hydrogen) atoms. The van der Waals surface area contributed by atoms with Gasteiger partial charge >= 0.3 is 0 Å². The average Bonchev–Trinajstić information content (AvgIpc) is 2.26. The van der Waals surface area contributed by atoms with Crippen LogP contribution in [0.25, 0.3) is 0 Å². The molecule has 0 unspecified atom stereocenters. The lowest BCUT2D eigenvalue weighted by atomic mass is 10.1. The highest BCUT2D eigenvalue weighted by Gasteiger charge is 2.15. The molecular formula is C14H19NO3. The third-order valence-corrected chi connectivity index (χ3v) is 2.81. The van der Waals surface area contributed by atoms with Gasteiger partial charge in [0.15, 0.2) is 0 Å². The number of hydrogen-bond acceptors (Lipinski definition) is 3. The van der Waals surface area contributed by atoms with Gasteiger partial charge in [-0.25, -0.2) is 0 Å². The summed E-state index contributed by atoms with van der Waals surface area (Å²) in [5.41, 5.74) is 2.71. The van der Waals surface area contributed by atoms with E-state index in [0.29, 0.717) is 0 Å². The minimum Gasteiger partial charge on any atom is -0.496 e. The number of carbonyl (C=O) groups is 2. The summed E-state index contributed by atoms with van der Waals surface area (Å²) in [5, 5.41) is 0. The largest absolute Gasteiger partial charge is 0.496 e. The van der Waals surface area contributed by atoms with E-state index in [1.54, 1.807) is 14.2 Å². The Bertz CT molecular complexity index is 457. The van der Waals surface area contributed by atoms with Crippen LogP contribution in [0.15, 0.2) is 12.1 Å². The highest BCUT2D eigenvalue weighted by atomic mass is 16.5. The SMILES string of the molecule is COc1c(C)cc(N(C)C(=O)CC(C)=O)cc1C. The molecule has 0 heterocycles. The van der Waals surface area contributed by atoms with Crippen LogP contribution in [-0.2, 0) is 9.59 Å².